The van der Waals surface area contributed by atoms with Gasteiger partial charge in [0.15, 0.2) is 0 Å². The Labute approximate surface area is 213 Å². The van der Waals surface area contributed by atoms with Gasteiger partial charge in [-0.15, -0.1) is 0 Å². The van der Waals surface area contributed by atoms with Crippen molar-refractivity contribution in [3.8, 4) is 0 Å². The van der Waals surface area contributed by atoms with Crippen molar-refractivity contribution < 1.29 is 14.6 Å². The number of hydrogen-bond acceptors (Lipinski definition) is 2. The number of unbranched alkanes of at least 4 members (excludes halogenated alkanes) is 5. The first-order chi connectivity index (χ1) is 17.7. The van der Waals surface area contributed by atoms with Crippen LogP contribution in [0, 0.1) is 0 Å². The number of rotatable bonds is 12. The predicted molar refractivity (Wildman–Crippen MR) is 145 cm³/mol. The summed E-state index contributed by atoms with van der Waals surface area (Å²) in [5.41, 5.74) is 3.05. The molecule has 5 rings (SSSR count). The standard InChI is InChI=1S/C33H34O3/c34-32(35)33(29-23-22-26-17-10-11-20-28(26)24-29)31(36-33)30-21-13-12-19-27(30)18-9-4-2-1-3-6-14-25-15-7-5-8-16-25/h5,7-8,10-13,15-17,19-24,31H,1-4,6,9,14,18H2,(H,34,35). The van der Waals surface area contributed by atoms with E-state index in [4.69, 9.17) is 4.74 Å². The van der Waals surface area contributed by atoms with Crippen LogP contribution in [-0.4, -0.2) is 11.1 Å². The van der Waals surface area contributed by atoms with Gasteiger partial charge in [-0.1, -0.05) is 117 Å². The van der Waals surface area contributed by atoms with Crippen LogP contribution < -0.4 is 0 Å². The second-order valence-electron chi connectivity index (χ2n) is 9.91. The monoisotopic (exact) mass is 478 g/mol. The predicted octanol–water partition coefficient (Wildman–Crippen LogP) is 8.02. The molecular weight excluding hydrogens is 444 g/mol. The van der Waals surface area contributed by atoms with Crippen molar-refractivity contribution in [2.24, 2.45) is 0 Å². The van der Waals surface area contributed by atoms with Crippen molar-refractivity contribution in [2.45, 2.75) is 63.1 Å². The Balaban J connectivity index is 1.17. The van der Waals surface area contributed by atoms with Crippen molar-refractivity contribution in [3.05, 3.63) is 119 Å². The van der Waals surface area contributed by atoms with Gasteiger partial charge in [-0.25, -0.2) is 4.79 Å². The zero-order valence-corrected chi connectivity index (χ0v) is 20.7. The number of aliphatic carboxylic acids is 1. The first-order valence-corrected chi connectivity index (χ1v) is 13.2. The van der Waals surface area contributed by atoms with Crippen molar-refractivity contribution in [3.63, 3.8) is 0 Å². The Hall–Kier alpha value is -3.43. The molecule has 4 aromatic rings. The molecule has 3 heteroatoms. The maximum absolute atomic E-state index is 12.5. The number of carboxylic acid groups (broad SMARTS) is 1. The smallest absolute Gasteiger partial charge is 0.343 e. The van der Waals surface area contributed by atoms with Gasteiger partial charge in [0.1, 0.15) is 6.10 Å². The summed E-state index contributed by atoms with van der Waals surface area (Å²) in [6, 6.07) is 32.8. The lowest BCUT2D eigenvalue weighted by Crippen LogP contribution is -2.22. The molecule has 0 spiro atoms. The molecule has 2 unspecified atom stereocenters. The van der Waals surface area contributed by atoms with E-state index in [1.807, 2.05) is 60.7 Å². The highest BCUT2D eigenvalue weighted by Gasteiger charge is 2.65. The van der Waals surface area contributed by atoms with E-state index in [0.29, 0.717) is 5.56 Å². The van der Waals surface area contributed by atoms with E-state index < -0.39 is 17.7 Å². The summed E-state index contributed by atoms with van der Waals surface area (Å²) < 4.78 is 6.04. The van der Waals surface area contributed by atoms with Crippen LogP contribution in [0.15, 0.2) is 97.1 Å². The summed E-state index contributed by atoms with van der Waals surface area (Å²) in [6.45, 7) is 0. The van der Waals surface area contributed by atoms with Gasteiger partial charge < -0.3 is 9.84 Å². The molecule has 2 atom stereocenters. The molecule has 36 heavy (non-hydrogen) atoms. The fourth-order valence-corrected chi connectivity index (χ4v) is 5.37. The van der Waals surface area contributed by atoms with Crippen LogP contribution in [0.25, 0.3) is 10.8 Å². The van der Waals surface area contributed by atoms with Crippen LogP contribution >= 0.6 is 0 Å². The lowest BCUT2D eigenvalue weighted by Gasteiger charge is -2.12. The fourth-order valence-electron chi connectivity index (χ4n) is 5.37. The second-order valence-corrected chi connectivity index (χ2v) is 9.91. The molecule has 1 heterocycles. The van der Waals surface area contributed by atoms with Gasteiger partial charge in [0.05, 0.1) is 0 Å². The Kier molecular flexibility index (Phi) is 7.48. The summed E-state index contributed by atoms with van der Waals surface area (Å²) >= 11 is 0. The topological polar surface area (TPSA) is 49.8 Å². The quantitative estimate of drug-likeness (QED) is 0.166. The maximum Gasteiger partial charge on any atom is 0.343 e. The van der Waals surface area contributed by atoms with Crippen LogP contribution in [-0.2, 0) is 28.0 Å². The highest BCUT2D eigenvalue weighted by atomic mass is 16.6. The van der Waals surface area contributed by atoms with Crippen molar-refractivity contribution >= 4 is 16.7 Å². The number of carbonyl (C=O) groups is 1. The Morgan fingerprint density at radius 2 is 1.33 bits per heavy atom. The van der Waals surface area contributed by atoms with E-state index in [0.717, 1.165) is 35.6 Å². The molecule has 1 fully saturated rings. The number of carboxylic acids is 1. The summed E-state index contributed by atoms with van der Waals surface area (Å²) in [5.74, 6) is -0.923. The second kappa shape index (κ2) is 11.1. The third-order valence-corrected chi connectivity index (χ3v) is 7.45. The maximum atomic E-state index is 12.5. The molecule has 0 saturated carbocycles. The number of ether oxygens (including phenoxy) is 1. The van der Waals surface area contributed by atoms with E-state index >= 15 is 0 Å². The Bertz CT molecular complexity index is 1310. The molecular formula is C33H34O3. The van der Waals surface area contributed by atoms with Crippen LogP contribution in [0.4, 0.5) is 0 Å². The normalized spacial score (nSPS) is 18.8. The van der Waals surface area contributed by atoms with E-state index in [1.54, 1.807) is 0 Å². The summed E-state index contributed by atoms with van der Waals surface area (Å²) in [7, 11) is 0. The molecule has 1 aliphatic heterocycles. The lowest BCUT2D eigenvalue weighted by atomic mass is 9.87. The van der Waals surface area contributed by atoms with Gasteiger partial charge in [-0.3, -0.25) is 0 Å². The Morgan fingerprint density at radius 1 is 0.694 bits per heavy atom. The van der Waals surface area contributed by atoms with Gasteiger partial charge >= 0.3 is 5.97 Å². The molecule has 1 saturated heterocycles. The number of epoxide rings is 1. The number of benzene rings is 4. The lowest BCUT2D eigenvalue weighted by molar-refractivity contribution is -0.143. The van der Waals surface area contributed by atoms with E-state index in [9.17, 15) is 9.90 Å². The number of hydrogen-bond donors (Lipinski definition) is 1. The molecule has 1 aliphatic rings. The molecule has 184 valence electrons. The Morgan fingerprint density at radius 3 is 2.11 bits per heavy atom. The first-order valence-electron chi connectivity index (χ1n) is 13.2. The highest BCUT2D eigenvalue weighted by molar-refractivity contribution is 5.88. The van der Waals surface area contributed by atoms with Gasteiger partial charge in [-0.05, 0) is 64.8 Å². The SMILES string of the molecule is O=C(O)C1(c2ccc3ccccc3c2)OC1c1ccccc1CCCCCCCCc1ccccc1. The van der Waals surface area contributed by atoms with E-state index in [2.05, 4.69) is 36.4 Å². The van der Waals surface area contributed by atoms with Crippen LogP contribution in [0.5, 0.6) is 0 Å². The van der Waals surface area contributed by atoms with Gasteiger partial charge in [0, 0.05) is 0 Å². The minimum absolute atomic E-state index is 0.453. The van der Waals surface area contributed by atoms with Crippen molar-refractivity contribution in [2.75, 3.05) is 0 Å². The van der Waals surface area contributed by atoms with Gasteiger partial charge in [0.2, 0.25) is 5.60 Å². The molecule has 0 radical (unpaired) electrons. The molecule has 4 aromatic carbocycles. The molecule has 0 amide bonds. The van der Waals surface area contributed by atoms with Crippen molar-refractivity contribution in [1.29, 1.82) is 0 Å². The number of fused-ring (bicyclic) bond motifs is 1. The zero-order chi connectivity index (χ0) is 24.8. The minimum Gasteiger partial charge on any atom is -0.479 e. The van der Waals surface area contributed by atoms with Gasteiger partial charge in [-0.2, -0.15) is 0 Å². The third kappa shape index (κ3) is 5.22. The molecule has 0 aromatic heterocycles. The summed E-state index contributed by atoms with van der Waals surface area (Å²) in [6.07, 6.45) is 9.00. The van der Waals surface area contributed by atoms with E-state index in [-0.39, 0.29) is 0 Å². The summed E-state index contributed by atoms with van der Waals surface area (Å²) in [5, 5.41) is 12.3. The zero-order valence-electron chi connectivity index (χ0n) is 20.7. The molecule has 0 aliphatic carbocycles. The van der Waals surface area contributed by atoms with Gasteiger partial charge in [0.25, 0.3) is 0 Å². The van der Waals surface area contributed by atoms with Crippen LogP contribution in [0.3, 0.4) is 0 Å². The largest absolute Gasteiger partial charge is 0.479 e. The average molecular weight is 479 g/mol. The van der Waals surface area contributed by atoms with E-state index in [1.165, 1.54) is 43.2 Å². The molecule has 3 nitrogen and oxygen atoms in total. The average Bonchev–Trinajstić information content (AvgIpc) is 3.68. The first kappa shape index (κ1) is 24.3. The number of aryl methyl sites for hydroxylation is 2. The highest BCUT2D eigenvalue weighted by Crippen LogP contribution is 2.58. The summed E-state index contributed by atoms with van der Waals surface area (Å²) in [4.78, 5) is 12.5. The van der Waals surface area contributed by atoms with Crippen molar-refractivity contribution in [1.82, 2.24) is 0 Å². The van der Waals surface area contributed by atoms with Crippen LogP contribution in [0.1, 0.15) is 66.9 Å². The third-order valence-electron chi connectivity index (χ3n) is 7.45. The minimum atomic E-state index is -1.31. The molecule has 0 bridgehead atoms. The van der Waals surface area contributed by atoms with Crippen LogP contribution in [0.2, 0.25) is 0 Å². The fraction of sp³-hybridized carbons (Fsp3) is 0.303. The molecule has 1 N–H and O–H groups in total.